The van der Waals surface area contributed by atoms with Gasteiger partial charge >= 0.3 is 0 Å². The van der Waals surface area contributed by atoms with E-state index in [2.05, 4.69) is 47.4 Å². The summed E-state index contributed by atoms with van der Waals surface area (Å²) in [6.45, 7) is 4.35. The smallest absolute Gasteiger partial charge is 0.254 e. The highest BCUT2D eigenvalue weighted by atomic mass is 16.7. The van der Waals surface area contributed by atoms with E-state index < -0.39 is 0 Å². The molecule has 0 spiro atoms. The molecule has 0 radical (unpaired) electrons. The van der Waals surface area contributed by atoms with Crippen molar-refractivity contribution >= 4 is 16.7 Å². The van der Waals surface area contributed by atoms with Gasteiger partial charge in [-0.25, -0.2) is 0 Å². The molecule has 0 aliphatic carbocycles. The van der Waals surface area contributed by atoms with Crippen molar-refractivity contribution in [2.45, 2.75) is 31.8 Å². The van der Waals surface area contributed by atoms with Crippen LogP contribution in [0.25, 0.3) is 10.8 Å². The number of fused-ring (bicyclic) bond motifs is 3. The highest BCUT2D eigenvalue weighted by Gasteiger charge is 2.32. The summed E-state index contributed by atoms with van der Waals surface area (Å²) >= 11 is 0. The molecule has 2 atom stereocenters. The van der Waals surface area contributed by atoms with Crippen LogP contribution in [0.2, 0.25) is 0 Å². The summed E-state index contributed by atoms with van der Waals surface area (Å²) in [5.41, 5.74) is 3.10. The predicted molar refractivity (Wildman–Crippen MR) is 135 cm³/mol. The van der Waals surface area contributed by atoms with Crippen LogP contribution in [0.5, 0.6) is 11.5 Å². The van der Waals surface area contributed by atoms with Gasteiger partial charge in [-0.1, -0.05) is 42.5 Å². The van der Waals surface area contributed by atoms with Crippen LogP contribution in [0.1, 0.15) is 34.3 Å². The summed E-state index contributed by atoms with van der Waals surface area (Å²) in [7, 11) is 0. The standard InChI is InChI=1S/C29H32N2O4/c32-24(9-8-22-6-3-5-21-4-1-2-7-25(21)22)18-30-12-10-20(16-30)17-31-13-11-23-14-27-28(35-19-34-27)15-26(23)29(31)33/h1-7,14-15,20,24,32H,8-13,16-19H2. The Hall–Kier alpha value is -3.09. The SMILES string of the molecule is O=C1c2cc3c(cc2CCN1CC1CCN(CC(O)CCc2cccc4ccccc24)C1)OCO3. The lowest BCUT2D eigenvalue weighted by molar-refractivity contribution is 0.0706. The molecule has 3 heterocycles. The van der Waals surface area contributed by atoms with Gasteiger partial charge in [-0.15, -0.1) is 0 Å². The average Bonchev–Trinajstić information content (AvgIpc) is 3.52. The molecule has 1 saturated heterocycles. The van der Waals surface area contributed by atoms with Crippen molar-refractivity contribution < 1.29 is 19.4 Å². The van der Waals surface area contributed by atoms with E-state index in [1.807, 2.05) is 17.0 Å². The molecule has 1 amide bonds. The molecular weight excluding hydrogens is 440 g/mol. The second-order valence-electron chi connectivity index (χ2n) is 10.1. The second-order valence-corrected chi connectivity index (χ2v) is 10.1. The van der Waals surface area contributed by atoms with Gasteiger partial charge in [0.05, 0.1) is 6.10 Å². The number of ether oxygens (including phenoxy) is 2. The molecule has 2 unspecified atom stereocenters. The highest BCUT2D eigenvalue weighted by molar-refractivity contribution is 5.97. The Morgan fingerprint density at radius 1 is 1.03 bits per heavy atom. The van der Waals surface area contributed by atoms with Crippen molar-refractivity contribution in [1.29, 1.82) is 0 Å². The molecule has 6 heteroatoms. The number of aliphatic hydroxyl groups is 1. The lowest BCUT2D eigenvalue weighted by Crippen LogP contribution is -2.41. The molecule has 182 valence electrons. The van der Waals surface area contributed by atoms with E-state index in [-0.39, 0.29) is 18.8 Å². The molecule has 0 saturated carbocycles. The van der Waals surface area contributed by atoms with Crippen LogP contribution in [-0.2, 0) is 12.8 Å². The molecule has 3 aliphatic heterocycles. The maximum absolute atomic E-state index is 13.2. The van der Waals surface area contributed by atoms with Crippen molar-refractivity contribution in [3.8, 4) is 11.5 Å². The van der Waals surface area contributed by atoms with Crippen LogP contribution in [0.3, 0.4) is 0 Å². The molecule has 3 aromatic carbocycles. The van der Waals surface area contributed by atoms with Crippen LogP contribution in [0.4, 0.5) is 0 Å². The zero-order chi connectivity index (χ0) is 23.8. The Balaban J connectivity index is 1.01. The number of rotatable bonds is 7. The van der Waals surface area contributed by atoms with Gasteiger partial charge in [0.25, 0.3) is 5.91 Å². The fourth-order valence-electron chi connectivity index (χ4n) is 5.85. The van der Waals surface area contributed by atoms with Crippen LogP contribution < -0.4 is 9.47 Å². The summed E-state index contributed by atoms with van der Waals surface area (Å²) in [5.74, 6) is 1.96. The Labute approximate surface area is 206 Å². The number of benzene rings is 3. The van der Waals surface area contributed by atoms with Crippen molar-refractivity contribution in [3.63, 3.8) is 0 Å². The maximum atomic E-state index is 13.2. The first-order valence-corrected chi connectivity index (χ1v) is 12.7. The van der Waals surface area contributed by atoms with Gasteiger partial charge in [0.2, 0.25) is 6.79 Å². The number of β-amino-alcohol motifs (C(OH)–C–C–N with tert-alkyl or cyclic N) is 1. The largest absolute Gasteiger partial charge is 0.454 e. The number of carbonyl (C=O) groups is 1. The summed E-state index contributed by atoms with van der Waals surface area (Å²) in [6.07, 6.45) is 3.20. The molecule has 1 fully saturated rings. The second kappa shape index (κ2) is 9.51. The molecule has 1 N–H and O–H groups in total. The van der Waals surface area contributed by atoms with Crippen molar-refractivity contribution in [2.75, 3.05) is 39.5 Å². The van der Waals surface area contributed by atoms with E-state index in [1.54, 1.807) is 0 Å². The van der Waals surface area contributed by atoms with Crippen molar-refractivity contribution in [1.82, 2.24) is 9.80 Å². The van der Waals surface area contributed by atoms with Gasteiger partial charge in [0.15, 0.2) is 11.5 Å². The number of hydrogen-bond acceptors (Lipinski definition) is 5. The molecular formula is C29H32N2O4. The van der Waals surface area contributed by atoms with Crippen molar-refractivity contribution in [3.05, 3.63) is 71.3 Å². The third-order valence-corrected chi connectivity index (χ3v) is 7.71. The van der Waals surface area contributed by atoms with Crippen LogP contribution >= 0.6 is 0 Å². The van der Waals surface area contributed by atoms with Gasteiger partial charge in [0, 0.05) is 31.7 Å². The summed E-state index contributed by atoms with van der Waals surface area (Å²) in [4.78, 5) is 17.5. The number of aliphatic hydroxyl groups excluding tert-OH is 1. The highest BCUT2D eigenvalue weighted by Crippen LogP contribution is 2.37. The van der Waals surface area contributed by atoms with Gasteiger partial charge in [-0.3, -0.25) is 4.79 Å². The monoisotopic (exact) mass is 472 g/mol. The average molecular weight is 473 g/mol. The molecule has 0 bridgehead atoms. The molecule has 6 rings (SSSR count). The fourth-order valence-corrected chi connectivity index (χ4v) is 5.85. The van der Waals surface area contributed by atoms with Gasteiger partial charge in [0.1, 0.15) is 0 Å². The maximum Gasteiger partial charge on any atom is 0.254 e. The predicted octanol–water partition coefficient (Wildman–Crippen LogP) is 3.88. The normalized spacial score (nSPS) is 20.4. The lowest BCUT2D eigenvalue weighted by Gasteiger charge is -2.31. The number of likely N-dealkylation sites (tertiary alicyclic amines) is 1. The third-order valence-electron chi connectivity index (χ3n) is 7.71. The number of amides is 1. The zero-order valence-electron chi connectivity index (χ0n) is 20.0. The number of hydrogen-bond donors (Lipinski definition) is 1. The summed E-state index contributed by atoms with van der Waals surface area (Å²) in [5, 5.41) is 13.3. The lowest BCUT2D eigenvalue weighted by atomic mass is 9.97. The minimum Gasteiger partial charge on any atom is -0.454 e. The summed E-state index contributed by atoms with van der Waals surface area (Å²) in [6, 6.07) is 18.7. The van der Waals surface area contributed by atoms with Crippen LogP contribution in [0, 0.1) is 5.92 Å². The topological polar surface area (TPSA) is 62.2 Å². The van der Waals surface area contributed by atoms with Gasteiger partial charge in [-0.2, -0.15) is 0 Å². The molecule has 3 aromatic rings. The molecule has 6 nitrogen and oxygen atoms in total. The Morgan fingerprint density at radius 2 is 1.86 bits per heavy atom. The first-order chi connectivity index (χ1) is 17.1. The van der Waals surface area contributed by atoms with Crippen molar-refractivity contribution in [2.24, 2.45) is 5.92 Å². The molecule has 3 aliphatic rings. The zero-order valence-corrected chi connectivity index (χ0v) is 20.0. The van der Waals surface area contributed by atoms with E-state index in [4.69, 9.17) is 9.47 Å². The van der Waals surface area contributed by atoms with E-state index in [1.165, 1.54) is 16.3 Å². The van der Waals surface area contributed by atoms with Gasteiger partial charge < -0.3 is 24.4 Å². The molecule has 0 aromatic heterocycles. The number of carbonyl (C=O) groups excluding carboxylic acids is 1. The number of aryl methyl sites for hydroxylation is 1. The van der Waals surface area contributed by atoms with E-state index >= 15 is 0 Å². The first kappa shape index (κ1) is 22.4. The third kappa shape index (κ3) is 4.60. The Morgan fingerprint density at radius 3 is 2.77 bits per heavy atom. The van der Waals surface area contributed by atoms with E-state index in [0.717, 1.165) is 68.7 Å². The van der Waals surface area contributed by atoms with Crippen LogP contribution in [0.15, 0.2) is 54.6 Å². The Bertz CT molecular complexity index is 1240. The first-order valence-electron chi connectivity index (χ1n) is 12.7. The minimum absolute atomic E-state index is 0.0955. The van der Waals surface area contributed by atoms with Crippen LogP contribution in [-0.4, -0.2) is 66.4 Å². The molecule has 35 heavy (non-hydrogen) atoms. The quantitative estimate of drug-likeness (QED) is 0.566. The van der Waals surface area contributed by atoms with Gasteiger partial charge in [-0.05, 0) is 72.2 Å². The summed E-state index contributed by atoms with van der Waals surface area (Å²) < 4.78 is 10.9. The van der Waals surface area contributed by atoms with E-state index in [9.17, 15) is 9.90 Å². The minimum atomic E-state index is -0.347. The fraction of sp³-hybridized carbons (Fsp3) is 0.414. The van der Waals surface area contributed by atoms with E-state index in [0.29, 0.717) is 18.2 Å². The number of nitrogens with zero attached hydrogens (tertiary/aromatic N) is 2. The Kier molecular flexibility index (Phi) is 6.08.